The van der Waals surface area contributed by atoms with Gasteiger partial charge in [-0.2, -0.15) is 0 Å². The molecular formula is C13H13NO2. The first-order valence-electron chi connectivity index (χ1n) is 5.13. The fraction of sp³-hybridized carbons (Fsp3) is 0.231. The third-order valence-corrected chi connectivity index (χ3v) is 2.72. The number of carbonyl (C=O) groups is 2. The van der Waals surface area contributed by atoms with Gasteiger partial charge in [-0.05, 0) is 30.2 Å². The van der Waals surface area contributed by atoms with Crippen molar-refractivity contribution in [3.8, 4) is 0 Å². The smallest absolute Gasteiger partial charge is 0.238 e. The highest BCUT2D eigenvalue weighted by Crippen LogP contribution is 2.31. The zero-order chi connectivity index (χ0) is 11.9. The number of nitrogens with zero attached hydrogens (tertiary/aromatic N) is 1. The van der Waals surface area contributed by atoms with E-state index in [1.807, 2.05) is 25.1 Å². The molecule has 0 spiro atoms. The predicted molar refractivity (Wildman–Crippen MR) is 63.0 cm³/mol. The topological polar surface area (TPSA) is 37.4 Å². The lowest BCUT2D eigenvalue weighted by Gasteiger charge is -2.12. The summed E-state index contributed by atoms with van der Waals surface area (Å²) in [6.45, 7) is 7.18. The number of hydrogen-bond donors (Lipinski definition) is 0. The molecule has 3 nitrogen and oxygen atoms in total. The van der Waals surface area contributed by atoms with E-state index in [2.05, 4.69) is 6.58 Å². The van der Waals surface area contributed by atoms with E-state index in [0.717, 1.165) is 16.7 Å². The molecule has 16 heavy (non-hydrogen) atoms. The van der Waals surface area contributed by atoms with Crippen LogP contribution < -0.4 is 4.90 Å². The lowest BCUT2D eigenvalue weighted by Crippen LogP contribution is -2.31. The van der Waals surface area contributed by atoms with Gasteiger partial charge in [0.1, 0.15) is 0 Å². The standard InChI is InChI=1S/C13H13NO2/c1-8(2)10-4-5-12-11(6-10)7-13(16)14(12)9(3)15/h4-6H,1,7H2,2-3H3. The van der Waals surface area contributed by atoms with Gasteiger partial charge in [-0.25, -0.2) is 0 Å². The molecule has 0 saturated heterocycles. The van der Waals surface area contributed by atoms with Crippen LogP contribution in [0.4, 0.5) is 5.69 Å². The predicted octanol–water partition coefficient (Wildman–Crippen LogP) is 2.16. The minimum Gasteiger partial charge on any atom is -0.274 e. The van der Waals surface area contributed by atoms with Gasteiger partial charge in [0.15, 0.2) is 0 Å². The Morgan fingerprint density at radius 2 is 2.06 bits per heavy atom. The van der Waals surface area contributed by atoms with Crippen molar-refractivity contribution in [1.82, 2.24) is 0 Å². The summed E-state index contributed by atoms with van der Waals surface area (Å²) in [5, 5.41) is 0. The molecule has 82 valence electrons. The van der Waals surface area contributed by atoms with Gasteiger partial charge < -0.3 is 0 Å². The summed E-state index contributed by atoms with van der Waals surface area (Å²) in [7, 11) is 0. The summed E-state index contributed by atoms with van der Waals surface area (Å²) in [5.41, 5.74) is 3.58. The fourth-order valence-corrected chi connectivity index (χ4v) is 1.93. The maximum Gasteiger partial charge on any atom is 0.238 e. The molecule has 1 aromatic carbocycles. The number of allylic oxidation sites excluding steroid dienone is 1. The van der Waals surface area contributed by atoms with Crippen LogP contribution in [-0.2, 0) is 16.0 Å². The summed E-state index contributed by atoms with van der Waals surface area (Å²) in [4.78, 5) is 24.2. The first-order valence-corrected chi connectivity index (χ1v) is 5.13. The van der Waals surface area contributed by atoms with Gasteiger partial charge in [0.05, 0.1) is 12.1 Å². The van der Waals surface area contributed by atoms with Crippen LogP contribution >= 0.6 is 0 Å². The lowest BCUT2D eigenvalue weighted by molar-refractivity contribution is -0.124. The second kappa shape index (κ2) is 3.59. The number of fused-ring (bicyclic) bond motifs is 1. The summed E-state index contributed by atoms with van der Waals surface area (Å²) < 4.78 is 0. The van der Waals surface area contributed by atoms with Crippen LogP contribution in [0.1, 0.15) is 25.0 Å². The zero-order valence-electron chi connectivity index (χ0n) is 9.41. The molecule has 0 aromatic heterocycles. The van der Waals surface area contributed by atoms with Crippen LogP contribution in [0.5, 0.6) is 0 Å². The summed E-state index contributed by atoms with van der Waals surface area (Å²) in [6, 6.07) is 5.62. The number of carbonyl (C=O) groups excluding carboxylic acids is 2. The van der Waals surface area contributed by atoms with E-state index in [-0.39, 0.29) is 11.8 Å². The van der Waals surface area contributed by atoms with Gasteiger partial charge in [-0.3, -0.25) is 14.5 Å². The Kier molecular flexibility index (Phi) is 2.38. The van der Waals surface area contributed by atoms with Gasteiger partial charge in [0.2, 0.25) is 11.8 Å². The molecule has 1 heterocycles. The van der Waals surface area contributed by atoms with E-state index < -0.39 is 0 Å². The van der Waals surface area contributed by atoms with E-state index in [4.69, 9.17) is 0 Å². The van der Waals surface area contributed by atoms with Crippen molar-refractivity contribution in [3.05, 3.63) is 35.9 Å². The molecule has 3 heteroatoms. The second-order valence-corrected chi connectivity index (χ2v) is 4.05. The largest absolute Gasteiger partial charge is 0.274 e. The van der Waals surface area contributed by atoms with Gasteiger partial charge in [0.25, 0.3) is 0 Å². The molecule has 0 bridgehead atoms. The van der Waals surface area contributed by atoms with Gasteiger partial charge in [-0.1, -0.05) is 18.2 Å². The van der Waals surface area contributed by atoms with Crippen molar-refractivity contribution in [1.29, 1.82) is 0 Å². The maximum atomic E-state index is 11.6. The van der Waals surface area contributed by atoms with E-state index in [1.54, 1.807) is 0 Å². The quantitative estimate of drug-likeness (QED) is 0.719. The third-order valence-electron chi connectivity index (χ3n) is 2.72. The molecule has 2 rings (SSSR count). The molecule has 0 N–H and O–H groups in total. The molecular weight excluding hydrogens is 202 g/mol. The van der Waals surface area contributed by atoms with Gasteiger partial charge in [-0.15, -0.1) is 0 Å². The molecule has 0 radical (unpaired) electrons. The first kappa shape index (κ1) is 10.6. The summed E-state index contributed by atoms with van der Waals surface area (Å²) >= 11 is 0. The van der Waals surface area contributed by atoms with Crippen LogP contribution in [-0.4, -0.2) is 11.8 Å². The number of benzene rings is 1. The van der Waals surface area contributed by atoms with Crippen LogP contribution in [0.25, 0.3) is 5.57 Å². The average Bonchev–Trinajstić information content (AvgIpc) is 2.51. The highest BCUT2D eigenvalue weighted by molar-refractivity contribution is 6.18. The SMILES string of the molecule is C=C(C)c1ccc2c(c1)CC(=O)N2C(C)=O. The fourth-order valence-electron chi connectivity index (χ4n) is 1.93. The highest BCUT2D eigenvalue weighted by atomic mass is 16.2. The van der Waals surface area contributed by atoms with Crippen molar-refractivity contribution < 1.29 is 9.59 Å². The van der Waals surface area contributed by atoms with Gasteiger partial charge in [0, 0.05) is 6.92 Å². The van der Waals surface area contributed by atoms with Crippen LogP contribution in [0, 0.1) is 0 Å². The van der Waals surface area contributed by atoms with Crippen molar-refractivity contribution in [2.45, 2.75) is 20.3 Å². The molecule has 1 aliphatic rings. The van der Waals surface area contributed by atoms with E-state index >= 15 is 0 Å². The molecule has 2 amide bonds. The Bertz CT molecular complexity index is 503. The van der Waals surface area contributed by atoms with E-state index in [9.17, 15) is 9.59 Å². The molecule has 0 aliphatic carbocycles. The van der Waals surface area contributed by atoms with Crippen molar-refractivity contribution >= 4 is 23.1 Å². The van der Waals surface area contributed by atoms with Gasteiger partial charge >= 0.3 is 0 Å². The van der Waals surface area contributed by atoms with Crippen LogP contribution in [0.15, 0.2) is 24.8 Å². The van der Waals surface area contributed by atoms with E-state index in [1.165, 1.54) is 11.8 Å². The van der Waals surface area contributed by atoms with Crippen molar-refractivity contribution in [3.63, 3.8) is 0 Å². The maximum absolute atomic E-state index is 11.6. The van der Waals surface area contributed by atoms with Crippen LogP contribution in [0.2, 0.25) is 0 Å². The monoisotopic (exact) mass is 215 g/mol. The molecule has 0 fully saturated rings. The number of rotatable bonds is 1. The minimum absolute atomic E-state index is 0.152. The summed E-state index contributed by atoms with van der Waals surface area (Å²) in [5.74, 6) is -0.381. The normalized spacial score (nSPS) is 13.9. The number of anilines is 1. The van der Waals surface area contributed by atoms with Crippen molar-refractivity contribution in [2.75, 3.05) is 4.90 Å². The van der Waals surface area contributed by atoms with E-state index in [0.29, 0.717) is 12.1 Å². The third kappa shape index (κ3) is 1.54. The molecule has 1 aromatic rings. The van der Waals surface area contributed by atoms with Crippen molar-refractivity contribution in [2.24, 2.45) is 0 Å². The second-order valence-electron chi connectivity index (χ2n) is 4.05. The Morgan fingerprint density at radius 1 is 1.38 bits per heavy atom. The molecule has 1 aliphatic heterocycles. The highest BCUT2D eigenvalue weighted by Gasteiger charge is 2.30. The van der Waals surface area contributed by atoms with Crippen LogP contribution in [0.3, 0.4) is 0 Å². The number of hydrogen-bond acceptors (Lipinski definition) is 2. The minimum atomic E-state index is -0.230. The molecule has 0 saturated carbocycles. The first-order chi connectivity index (χ1) is 7.50. The number of imide groups is 1. The average molecular weight is 215 g/mol. The summed E-state index contributed by atoms with van der Waals surface area (Å²) in [6.07, 6.45) is 0.302. The Hall–Kier alpha value is -1.90. The molecule has 0 unspecified atom stereocenters. The zero-order valence-corrected chi connectivity index (χ0v) is 9.41. The molecule has 0 atom stereocenters. The Labute approximate surface area is 94.4 Å². The Morgan fingerprint density at radius 3 is 2.62 bits per heavy atom. The number of amides is 2. The lowest BCUT2D eigenvalue weighted by atomic mass is 10.0. The Balaban J connectivity index is 2.50.